The SMILES string of the molecule is Cc1ccc(N2CCN(C(=O)COc3cccc([C@@H](C)N)c3)CC2)cc1CN(C=O)C1CCC(=O)NC1=O. The molecule has 10 heteroatoms. The Balaban J connectivity index is 1.33. The fraction of sp³-hybridized carbons (Fsp3) is 0.429. The zero-order valence-electron chi connectivity index (χ0n) is 21.9. The summed E-state index contributed by atoms with van der Waals surface area (Å²) in [6.45, 7) is 6.58. The Morgan fingerprint density at radius 3 is 2.63 bits per heavy atom. The number of carbonyl (C=O) groups excluding carboxylic acids is 4. The Bertz CT molecular complexity index is 1190. The number of hydrogen-bond acceptors (Lipinski definition) is 7. The van der Waals surface area contributed by atoms with Crippen molar-refractivity contribution in [1.82, 2.24) is 15.1 Å². The van der Waals surface area contributed by atoms with Gasteiger partial charge in [0.2, 0.25) is 18.2 Å². The molecule has 0 spiro atoms. The minimum Gasteiger partial charge on any atom is -0.484 e. The molecule has 0 saturated carbocycles. The van der Waals surface area contributed by atoms with Crippen LogP contribution in [-0.4, -0.2) is 72.8 Å². The van der Waals surface area contributed by atoms with Crippen molar-refractivity contribution in [2.45, 2.75) is 45.3 Å². The van der Waals surface area contributed by atoms with Crippen LogP contribution in [0.25, 0.3) is 0 Å². The summed E-state index contributed by atoms with van der Waals surface area (Å²) in [4.78, 5) is 53.8. The highest BCUT2D eigenvalue weighted by Crippen LogP contribution is 2.24. The number of carbonyl (C=O) groups is 4. The van der Waals surface area contributed by atoms with Gasteiger partial charge in [0.15, 0.2) is 6.61 Å². The number of nitrogens with two attached hydrogens (primary N) is 1. The molecule has 2 fully saturated rings. The van der Waals surface area contributed by atoms with Crippen molar-refractivity contribution in [1.29, 1.82) is 0 Å². The molecule has 3 N–H and O–H groups in total. The van der Waals surface area contributed by atoms with Crippen LogP contribution in [0, 0.1) is 6.92 Å². The number of ether oxygens (including phenoxy) is 1. The third kappa shape index (κ3) is 6.49. The van der Waals surface area contributed by atoms with Gasteiger partial charge in [-0.2, -0.15) is 0 Å². The zero-order valence-corrected chi connectivity index (χ0v) is 21.9. The van der Waals surface area contributed by atoms with Gasteiger partial charge >= 0.3 is 0 Å². The van der Waals surface area contributed by atoms with Crippen LogP contribution < -0.4 is 20.7 Å². The van der Waals surface area contributed by atoms with Crippen molar-refractivity contribution in [3.05, 3.63) is 59.2 Å². The van der Waals surface area contributed by atoms with Crippen molar-refractivity contribution in [2.24, 2.45) is 5.73 Å². The maximum absolute atomic E-state index is 12.7. The minimum absolute atomic E-state index is 0.0288. The summed E-state index contributed by atoms with van der Waals surface area (Å²) in [5, 5.41) is 2.31. The van der Waals surface area contributed by atoms with E-state index in [0.29, 0.717) is 44.8 Å². The number of rotatable bonds is 9. The average Bonchev–Trinajstić information content (AvgIpc) is 2.92. The molecule has 4 rings (SSSR count). The van der Waals surface area contributed by atoms with Gasteiger partial charge in [-0.3, -0.25) is 24.5 Å². The lowest BCUT2D eigenvalue weighted by Crippen LogP contribution is -2.51. The molecule has 2 heterocycles. The van der Waals surface area contributed by atoms with Crippen LogP contribution in [0.15, 0.2) is 42.5 Å². The van der Waals surface area contributed by atoms with Crippen molar-refractivity contribution < 1.29 is 23.9 Å². The fourth-order valence-corrected chi connectivity index (χ4v) is 4.78. The highest BCUT2D eigenvalue weighted by atomic mass is 16.5. The van der Waals surface area contributed by atoms with Crippen molar-refractivity contribution in [3.8, 4) is 5.75 Å². The maximum Gasteiger partial charge on any atom is 0.260 e. The molecule has 2 aliphatic rings. The van der Waals surface area contributed by atoms with E-state index in [9.17, 15) is 19.2 Å². The molecule has 2 aromatic rings. The quantitative estimate of drug-likeness (QED) is 0.378. The van der Waals surface area contributed by atoms with E-state index in [-0.39, 0.29) is 37.4 Å². The molecule has 0 radical (unpaired) electrons. The number of amides is 4. The van der Waals surface area contributed by atoms with Crippen LogP contribution in [0.4, 0.5) is 5.69 Å². The van der Waals surface area contributed by atoms with Gasteiger partial charge in [-0.25, -0.2) is 0 Å². The highest BCUT2D eigenvalue weighted by molar-refractivity contribution is 6.00. The molecule has 1 unspecified atom stereocenters. The van der Waals surface area contributed by atoms with Gasteiger partial charge in [0.05, 0.1) is 0 Å². The molecule has 2 atom stereocenters. The molecule has 4 amide bonds. The Labute approximate surface area is 222 Å². The number of benzene rings is 2. The first kappa shape index (κ1) is 27.1. The van der Waals surface area contributed by atoms with Crippen molar-refractivity contribution >= 4 is 29.8 Å². The van der Waals surface area contributed by atoms with E-state index in [2.05, 4.69) is 10.2 Å². The molecule has 2 aromatic carbocycles. The lowest BCUT2D eigenvalue weighted by Gasteiger charge is -2.36. The maximum atomic E-state index is 12.7. The Morgan fingerprint density at radius 1 is 1.18 bits per heavy atom. The van der Waals surface area contributed by atoms with Crippen LogP contribution in [0.5, 0.6) is 5.75 Å². The predicted molar refractivity (Wildman–Crippen MR) is 142 cm³/mol. The molecule has 0 aromatic heterocycles. The summed E-state index contributed by atoms with van der Waals surface area (Å²) in [5.41, 5.74) is 9.82. The zero-order chi connectivity index (χ0) is 27.2. The van der Waals surface area contributed by atoms with E-state index in [4.69, 9.17) is 10.5 Å². The molecule has 2 saturated heterocycles. The number of aryl methyl sites for hydroxylation is 1. The molecular formula is C28H35N5O5. The molecule has 202 valence electrons. The third-order valence-electron chi connectivity index (χ3n) is 7.18. The second-order valence-electron chi connectivity index (χ2n) is 9.87. The molecule has 2 aliphatic heterocycles. The summed E-state index contributed by atoms with van der Waals surface area (Å²) in [7, 11) is 0. The van der Waals surface area contributed by atoms with E-state index < -0.39 is 11.9 Å². The lowest BCUT2D eigenvalue weighted by molar-refractivity contribution is -0.141. The van der Waals surface area contributed by atoms with Crippen LogP contribution >= 0.6 is 0 Å². The van der Waals surface area contributed by atoms with Crippen LogP contribution in [0.3, 0.4) is 0 Å². The molecular weight excluding hydrogens is 486 g/mol. The summed E-state index contributed by atoms with van der Waals surface area (Å²) in [5.74, 6) is -0.185. The lowest BCUT2D eigenvalue weighted by atomic mass is 10.0. The van der Waals surface area contributed by atoms with E-state index in [0.717, 1.165) is 22.4 Å². The van der Waals surface area contributed by atoms with Gasteiger partial charge in [-0.05, 0) is 61.2 Å². The Kier molecular flexibility index (Phi) is 8.62. The van der Waals surface area contributed by atoms with Gasteiger partial charge in [-0.1, -0.05) is 18.2 Å². The van der Waals surface area contributed by atoms with Crippen molar-refractivity contribution in [3.63, 3.8) is 0 Å². The number of anilines is 1. The van der Waals surface area contributed by atoms with E-state index in [1.54, 1.807) is 4.90 Å². The van der Waals surface area contributed by atoms with E-state index in [1.165, 1.54) is 4.90 Å². The number of piperidine rings is 1. The normalized spacial score (nSPS) is 18.6. The summed E-state index contributed by atoms with van der Waals surface area (Å²) < 4.78 is 5.72. The van der Waals surface area contributed by atoms with E-state index >= 15 is 0 Å². The number of nitrogens with one attached hydrogen (secondary N) is 1. The van der Waals surface area contributed by atoms with Crippen LogP contribution in [0.2, 0.25) is 0 Å². The van der Waals surface area contributed by atoms with Gasteiger partial charge < -0.3 is 25.2 Å². The monoisotopic (exact) mass is 521 g/mol. The van der Waals surface area contributed by atoms with Crippen LogP contribution in [0.1, 0.15) is 42.5 Å². The first-order valence-corrected chi connectivity index (χ1v) is 12.9. The standard InChI is InChI=1S/C28H35N5O5/c1-19-6-7-23(14-22(19)16-33(18-34)25-8-9-26(35)30-28(25)37)31-10-12-32(13-11-31)27(36)17-38-24-5-3-4-21(15-24)20(2)29/h3-7,14-15,18,20,25H,8-13,16-17,29H2,1-2H3,(H,30,35,37)/t20-,25?/m1/s1. The number of imide groups is 1. The summed E-state index contributed by atoms with van der Waals surface area (Å²) >= 11 is 0. The second-order valence-corrected chi connectivity index (χ2v) is 9.87. The number of piperazine rings is 1. The number of hydrogen-bond donors (Lipinski definition) is 2. The van der Waals surface area contributed by atoms with Crippen LogP contribution in [-0.2, 0) is 25.7 Å². The van der Waals surface area contributed by atoms with Gasteiger partial charge in [-0.15, -0.1) is 0 Å². The Hall–Kier alpha value is -3.92. The number of nitrogens with zero attached hydrogens (tertiary/aromatic N) is 3. The summed E-state index contributed by atoms with van der Waals surface area (Å²) in [6.07, 6.45) is 1.21. The van der Waals surface area contributed by atoms with Gasteiger partial charge in [0, 0.05) is 50.9 Å². The molecule has 10 nitrogen and oxygen atoms in total. The predicted octanol–water partition coefficient (Wildman–Crippen LogP) is 1.51. The fourth-order valence-electron chi connectivity index (χ4n) is 4.78. The molecule has 38 heavy (non-hydrogen) atoms. The first-order chi connectivity index (χ1) is 18.2. The average molecular weight is 522 g/mol. The molecule has 0 aliphatic carbocycles. The topological polar surface area (TPSA) is 125 Å². The Morgan fingerprint density at radius 2 is 1.95 bits per heavy atom. The van der Waals surface area contributed by atoms with Crippen molar-refractivity contribution in [2.75, 3.05) is 37.7 Å². The second kappa shape index (κ2) is 12.1. The summed E-state index contributed by atoms with van der Waals surface area (Å²) in [6, 6.07) is 12.8. The first-order valence-electron chi connectivity index (χ1n) is 12.9. The van der Waals surface area contributed by atoms with E-state index in [1.807, 2.05) is 56.3 Å². The highest BCUT2D eigenvalue weighted by Gasteiger charge is 2.31. The van der Waals surface area contributed by atoms with Gasteiger partial charge in [0.1, 0.15) is 11.8 Å². The third-order valence-corrected chi connectivity index (χ3v) is 7.18. The minimum atomic E-state index is -0.661. The largest absolute Gasteiger partial charge is 0.484 e. The van der Waals surface area contributed by atoms with Gasteiger partial charge in [0.25, 0.3) is 5.91 Å². The smallest absolute Gasteiger partial charge is 0.260 e. The molecule has 0 bridgehead atoms.